The molecule has 0 bridgehead atoms. The molecule has 0 saturated carbocycles. The number of hydrogen-bond acceptors (Lipinski definition) is 3. The average Bonchev–Trinajstić information content (AvgIpc) is 2.96. The van der Waals surface area contributed by atoms with E-state index in [-0.39, 0.29) is 5.91 Å². The third-order valence-corrected chi connectivity index (χ3v) is 3.17. The molecular formula is C16H22N4O. The van der Waals surface area contributed by atoms with E-state index in [1.54, 1.807) is 6.20 Å². The first-order valence-electron chi connectivity index (χ1n) is 7.27. The van der Waals surface area contributed by atoms with Gasteiger partial charge in [-0.2, -0.15) is 0 Å². The van der Waals surface area contributed by atoms with Crippen LogP contribution in [0, 0.1) is 6.92 Å². The highest BCUT2D eigenvalue weighted by Gasteiger charge is 2.01. The van der Waals surface area contributed by atoms with Gasteiger partial charge in [0, 0.05) is 24.6 Å². The Morgan fingerprint density at radius 2 is 2.24 bits per heavy atom. The standard InChI is InChI=1S/C16H22N4O/c1-14-5-4-6-15(11-14)19-16(21)12-17-7-2-3-9-20-10-8-18-13-20/h4-6,8,10-11,13,17H,2-3,7,9,12H2,1H3,(H,19,21). The minimum Gasteiger partial charge on any atom is -0.337 e. The van der Waals surface area contributed by atoms with Gasteiger partial charge in [0.05, 0.1) is 12.9 Å². The zero-order chi connectivity index (χ0) is 14.9. The molecule has 0 aliphatic carbocycles. The maximum absolute atomic E-state index is 11.8. The molecule has 2 rings (SSSR count). The lowest BCUT2D eigenvalue weighted by atomic mass is 10.2. The number of unbranched alkanes of at least 4 members (excludes halogenated alkanes) is 1. The first-order chi connectivity index (χ1) is 10.2. The van der Waals surface area contributed by atoms with Gasteiger partial charge in [0.1, 0.15) is 0 Å². The highest BCUT2D eigenvalue weighted by atomic mass is 16.1. The summed E-state index contributed by atoms with van der Waals surface area (Å²) in [4.78, 5) is 15.8. The fraction of sp³-hybridized carbons (Fsp3) is 0.375. The van der Waals surface area contributed by atoms with E-state index >= 15 is 0 Å². The minimum absolute atomic E-state index is 0.00444. The Hall–Kier alpha value is -2.14. The molecule has 0 aliphatic rings. The van der Waals surface area contributed by atoms with E-state index in [2.05, 4.69) is 20.2 Å². The van der Waals surface area contributed by atoms with Crippen LogP contribution in [0.15, 0.2) is 43.0 Å². The van der Waals surface area contributed by atoms with Crippen LogP contribution in [0.2, 0.25) is 0 Å². The van der Waals surface area contributed by atoms with Crippen molar-refractivity contribution in [2.24, 2.45) is 0 Å². The maximum atomic E-state index is 11.8. The third kappa shape index (κ3) is 5.79. The largest absolute Gasteiger partial charge is 0.337 e. The molecule has 2 aromatic rings. The maximum Gasteiger partial charge on any atom is 0.238 e. The Labute approximate surface area is 125 Å². The van der Waals surface area contributed by atoms with Crippen LogP contribution in [-0.4, -0.2) is 28.5 Å². The summed E-state index contributed by atoms with van der Waals surface area (Å²) in [6.07, 6.45) is 7.68. The van der Waals surface area contributed by atoms with Crippen molar-refractivity contribution in [2.45, 2.75) is 26.3 Å². The molecule has 1 aromatic heterocycles. The summed E-state index contributed by atoms with van der Waals surface area (Å²) in [5.74, 6) is -0.00444. The van der Waals surface area contributed by atoms with Gasteiger partial charge in [0.2, 0.25) is 5.91 Å². The van der Waals surface area contributed by atoms with Crippen LogP contribution in [0.5, 0.6) is 0 Å². The number of anilines is 1. The van der Waals surface area contributed by atoms with Crippen LogP contribution in [0.1, 0.15) is 18.4 Å². The van der Waals surface area contributed by atoms with Gasteiger partial charge in [-0.25, -0.2) is 4.98 Å². The molecule has 0 aliphatic heterocycles. The molecule has 1 aromatic carbocycles. The fourth-order valence-electron chi connectivity index (χ4n) is 2.09. The van der Waals surface area contributed by atoms with Gasteiger partial charge in [-0.15, -0.1) is 0 Å². The SMILES string of the molecule is Cc1cccc(NC(=O)CNCCCCn2ccnc2)c1. The van der Waals surface area contributed by atoms with Crippen molar-refractivity contribution < 1.29 is 4.79 Å². The molecule has 5 nitrogen and oxygen atoms in total. The molecule has 1 heterocycles. The molecule has 5 heteroatoms. The predicted molar refractivity (Wildman–Crippen MR) is 84.1 cm³/mol. The van der Waals surface area contributed by atoms with Crippen LogP contribution in [0.4, 0.5) is 5.69 Å². The number of hydrogen-bond donors (Lipinski definition) is 2. The van der Waals surface area contributed by atoms with Gasteiger partial charge in [0.25, 0.3) is 0 Å². The predicted octanol–water partition coefficient (Wildman–Crippen LogP) is 2.20. The van der Waals surface area contributed by atoms with Gasteiger partial charge in [-0.3, -0.25) is 4.79 Å². The van der Waals surface area contributed by atoms with Crippen LogP contribution >= 0.6 is 0 Å². The summed E-state index contributed by atoms with van der Waals surface area (Å²) >= 11 is 0. The number of aromatic nitrogens is 2. The first-order valence-corrected chi connectivity index (χ1v) is 7.27. The number of rotatable bonds is 8. The summed E-state index contributed by atoms with van der Waals surface area (Å²) in [6.45, 7) is 4.17. The topological polar surface area (TPSA) is 59.0 Å². The molecule has 0 fully saturated rings. The lowest BCUT2D eigenvalue weighted by Gasteiger charge is -2.07. The zero-order valence-electron chi connectivity index (χ0n) is 12.4. The number of aryl methyl sites for hydroxylation is 2. The van der Waals surface area contributed by atoms with Crippen LogP contribution in [0.25, 0.3) is 0 Å². The molecule has 1 amide bonds. The molecule has 0 unspecified atom stereocenters. The summed E-state index contributed by atoms with van der Waals surface area (Å²) in [5.41, 5.74) is 1.99. The third-order valence-electron chi connectivity index (χ3n) is 3.17. The molecule has 0 spiro atoms. The van der Waals surface area contributed by atoms with Gasteiger partial charge in [-0.05, 0) is 44.0 Å². The average molecular weight is 286 g/mol. The van der Waals surface area contributed by atoms with Crippen LogP contribution < -0.4 is 10.6 Å². The number of amides is 1. The Morgan fingerprint density at radius 3 is 3.00 bits per heavy atom. The summed E-state index contributed by atoms with van der Waals surface area (Å²) < 4.78 is 2.06. The van der Waals surface area contributed by atoms with E-state index in [4.69, 9.17) is 0 Å². The summed E-state index contributed by atoms with van der Waals surface area (Å²) in [7, 11) is 0. The van der Waals surface area contributed by atoms with Gasteiger partial charge >= 0.3 is 0 Å². The number of nitrogens with one attached hydrogen (secondary N) is 2. The quantitative estimate of drug-likeness (QED) is 0.731. The molecule has 0 radical (unpaired) electrons. The molecule has 0 saturated heterocycles. The highest BCUT2D eigenvalue weighted by molar-refractivity contribution is 5.92. The number of carbonyl (C=O) groups is 1. The van der Waals surface area contributed by atoms with Gasteiger partial charge in [0.15, 0.2) is 0 Å². The Bertz CT molecular complexity index is 551. The van der Waals surface area contributed by atoms with E-state index in [1.807, 2.05) is 43.7 Å². The second kappa shape index (κ2) is 8.21. The number of carbonyl (C=O) groups excluding carboxylic acids is 1. The van der Waals surface area contributed by atoms with Crippen molar-refractivity contribution in [3.63, 3.8) is 0 Å². The smallest absolute Gasteiger partial charge is 0.238 e. The van der Waals surface area contributed by atoms with Crippen LogP contribution in [-0.2, 0) is 11.3 Å². The second-order valence-electron chi connectivity index (χ2n) is 5.10. The number of nitrogens with zero attached hydrogens (tertiary/aromatic N) is 2. The molecule has 0 atom stereocenters. The van der Waals surface area contributed by atoms with E-state index in [9.17, 15) is 4.79 Å². The van der Waals surface area contributed by atoms with Crippen molar-refractivity contribution in [2.75, 3.05) is 18.4 Å². The lowest BCUT2D eigenvalue weighted by Crippen LogP contribution is -2.28. The first kappa shape index (κ1) is 15.3. The van der Waals surface area contributed by atoms with Crippen molar-refractivity contribution >= 4 is 11.6 Å². The normalized spacial score (nSPS) is 10.5. The Morgan fingerprint density at radius 1 is 1.33 bits per heavy atom. The monoisotopic (exact) mass is 286 g/mol. The fourth-order valence-corrected chi connectivity index (χ4v) is 2.09. The van der Waals surface area contributed by atoms with Crippen LogP contribution in [0.3, 0.4) is 0 Å². The molecule has 21 heavy (non-hydrogen) atoms. The molecule has 2 N–H and O–H groups in total. The zero-order valence-corrected chi connectivity index (χ0v) is 12.4. The van der Waals surface area contributed by atoms with Crippen molar-refractivity contribution in [1.82, 2.24) is 14.9 Å². The molecular weight excluding hydrogens is 264 g/mol. The van der Waals surface area contributed by atoms with Crippen molar-refractivity contribution in [3.8, 4) is 0 Å². The lowest BCUT2D eigenvalue weighted by molar-refractivity contribution is -0.115. The number of imidazole rings is 1. The summed E-state index contributed by atoms with van der Waals surface area (Å²) in [5, 5.41) is 6.05. The van der Waals surface area contributed by atoms with E-state index in [1.165, 1.54) is 0 Å². The summed E-state index contributed by atoms with van der Waals surface area (Å²) in [6, 6.07) is 7.81. The van der Waals surface area contributed by atoms with Crippen molar-refractivity contribution in [1.29, 1.82) is 0 Å². The van der Waals surface area contributed by atoms with Gasteiger partial charge < -0.3 is 15.2 Å². The minimum atomic E-state index is -0.00444. The van der Waals surface area contributed by atoms with E-state index in [0.29, 0.717) is 6.54 Å². The Balaban J connectivity index is 1.55. The Kier molecular flexibility index (Phi) is 5.97. The van der Waals surface area contributed by atoms with Crippen molar-refractivity contribution in [3.05, 3.63) is 48.5 Å². The van der Waals surface area contributed by atoms with E-state index in [0.717, 1.165) is 37.2 Å². The highest BCUT2D eigenvalue weighted by Crippen LogP contribution is 2.08. The number of benzene rings is 1. The van der Waals surface area contributed by atoms with Gasteiger partial charge in [-0.1, -0.05) is 12.1 Å². The second-order valence-corrected chi connectivity index (χ2v) is 5.10. The molecule has 112 valence electrons. The van der Waals surface area contributed by atoms with E-state index < -0.39 is 0 Å².